The van der Waals surface area contributed by atoms with Crippen LogP contribution in [0.15, 0.2) is 49.3 Å². The van der Waals surface area contributed by atoms with E-state index in [-0.39, 0.29) is 30.8 Å². The molecule has 4 unspecified atom stereocenters. The number of aromatic nitrogens is 4. The second-order valence-electron chi connectivity index (χ2n) is 8.74. The minimum Gasteiger partial charge on any atom is -0.508 e. The number of rotatable bonds is 14. The molecule has 0 aliphatic carbocycles. The van der Waals surface area contributed by atoms with Gasteiger partial charge in [0.1, 0.15) is 23.9 Å². The number of amides is 3. The molecule has 9 N–H and O–H groups in total. The van der Waals surface area contributed by atoms with Gasteiger partial charge >= 0.3 is 5.97 Å². The molecule has 0 bridgehead atoms. The van der Waals surface area contributed by atoms with Gasteiger partial charge < -0.3 is 41.9 Å². The molecule has 1 aromatic carbocycles. The average Bonchev–Trinajstić information content (AvgIpc) is 3.62. The lowest BCUT2D eigenvalue weighted by Gasteiger charge is -2.24. The van der Waals surface area contributed by atoms with Gasteiger partial charge in [-0.15, -0.1) is 0 Å². The van der Waals surface area contributed by atoms with Crippen LogP contribution in [0.5, 0.6) is 5.75 Å². The topological polar surface area (TPSA) is 228 Å². The summed E-state index contributed by atoms with van der Waals surface area (Å²) in [5.74, 6) is -3.41. The van der Waals surface area contributed by atoms with E-state index in [2.05, 4.69) is 48.5 Å². The van der Waals surface area contributed by atoms with Gasteiger partial charge in [0.25, 0.3) is 0 Å². The van der Waals surface area contributed by atoms with E-state index in [1.807, 2.05) is 0 Å². The monoisotopic (exact) mass is 558 g/mol. The van der Waals surface area contributed by atoms with Crippen molar-refractivity contribution in [1.82, 2.24) is 35.9 Å². The number of benzene rings is 1. The summed E-state index contributed by atoms with van der Waals surface area (Å²) in [6, 6.07) is 1.58. The predicted octanol–water partition coefficient (Wildman–Crippen LogP) is -1.34. The first kappa shape index (κ1) is 29.2. The highest BCUT2D eigenvalue weighted by Crippen LogP contribution is 2.11. The highest BCUT2D eigenvalue weighted by molar-refractivity contribution is 7.80. The third kappa shape index (κ3) is 8.86. The number of nitrogens with one attached hydrogen (secondary N) is 5. The summed E-state index contributed by atoms with van der Waals surface area (Å²) in [6.07, 6.45) is 5.84. The van der Waals surface area contributed by atoms with Crippen LogP contribution in [0.2, 0.25) is 0 Å². The second-order valence-corrected chi connectivity index (χ2v) is 9.11. The lowest BCUT2D eigenvalue weighted by Crippen LogP contribution is -2.58. The van der Waals surface area contributed by atoms with Crippen LogP contribution in [0.3, 0.4) is 0 Å². The minimum atomic E-state index is -1.28. The number of aromatic hydroxyl groups is 1. The molecule has 0 aliphatic rings. The Balaban J connectivity index is 1.66. The number of carbonyl (C=O) groups excluding carboxylic acids is 3. The van der Waals surface area contributed by atoms with Crippen LogP contribution in [-0.4, -0.2) is 83.8 Å². The Bertz CT molecular complexity index is 1240. The van der Waals surface area contributed by atoms with Crippen molar-refractivity contribution in [2.24, 2.45) is 5.73 Å². The SMILES string of the molecule is NC(Cc1ccc(O)cc1)C(=O)NC(Cc1cnc[nH]1)C(=O)NC(CS)C(=O)NC(Cc1cnc[nH]1)C(=O)O. The van der Waals surface area contributed by atoms with Crippen LogP contribution >= 0.6 is 12.6 Å². The van der Waals surface area contributed by atoms with E-state index in [4.69, 9.17) is 5.73 Å². The molecular weight excluding hydrogens is 528 g/mol. The van der Waals surface area contributed by atoms with Crippen molar-refractivity contribution >= 4 is 36.3 Å². The first-order valence-electron chi connectivity index (χ1n) is 11.9. The van der Waals surface area contributed by atoms with E-state index in [0.29, 0.717) is 17.0 Å². The Labute approximate surface area is 228 Å². The molecule has 4 atom stereocenters. The molecule has 2 heterocycles. The Morgan fingerprint density at radius 2 is 1.33 bits per heavy atom. The zero-order valence-electron chi connectivity index (χ0n) is 20.7. The number of aromatic amines is 2. The van der Waals surface area contributed by atoms with Gasteiger partial charge in [0, 0.05) is 42.4 Å². The summed E-state index contributed by atoms with van der Waals surface area (Å²) in [5, 5.41) is 26.5. The quantitative estimate of drug-likeness (QED) is 0.107. The Hall–Kier alpha value is -4.37. The molecule has 39 heavy (non-hydrogen) atoms. The molecule has 0 radical (unpaired) electrons. The number of phenols is 1. The number of phenolic OH excluding ortho intramolecular Hbond substituents is 1. The number of hydrogen-bond acceptors (Lipinski definition) is 9. The molecule has 0 spiro atoms. The van der Waals surface area contributed by atoms with E-state index in [1.54, 1.807) is 12.1 Å². The molecule has 2 aromatic heterocycles. The fourth-order valence-electron chi connectivity index (χ4n) is 3.64. The fourth-order valence-corrected chi connectivity index (χ4v) is 3.90. The number of carbonyl (C=O) groups is 4. The van der Waals surface area contributed by atoms with Crippen molar-refractivity contribution < 1.29 is 29.4 Å². The van der Waals surface area contributed by atoms with Crippen LogP contribution in [0.1, 0.15) is 17.0 Å². The number of imidazole rings is 2. The van der Waals surface area contributed by atoms with Crippen LogP contribution in [0, 0.1) is 0 Å². The minimum absolute atomic E-state index is 0.0159. The van der Waals surface area contributed by atoms with Gasteiger partial charge in [-0.25, -0.2) is 14.8 Å². The third-order valence-corrected chi connectivity index (χ3v) is 6.11. The number of hydrogen-bond donors (Lipinski definition) is 9. The summed E-state index contributed by atoms with van der Waals surface area (Å²) < 4.78 is 0. The molecule has 3 aromatic rings. The lowest BCUT2D eigenvalue weighted by atomic mass is 10.0. The summed E-state index contributed by atoms with van der Waals surface area (Å²) in [4.78, 5) is 63.9. The van der Waals surface area contributed by atoms with E-state index >= 15 is 0 Å². The van der Waals surface area contributed by atoms with E-state index < -0.39 is 47.9 Å². The molecule has 14 nitrogen and oxygen atoms in total. The number of thiol groups is 1. The van der Waals surface area contributed by atoms with Crippen LogP contribution in [0.4, 0.5) is 0 Å². The number of carboxylic acids is 1. The van der Waals surface area contributed by atoms with Crippen molar-refractivity contribution in [3.05, 3.63) is 66.3 Å². The summed E-state index contributed by atoms with van der Waals surface area (Å²) in [5.41, 5.74) is 7.81. The van der Waals surface area contributed by atoms with Crippen LogP contribution in [-0.2, 0) is 38.4 Å². The van der Waals surface area contributed by atoms with Gasteiger partial charge in [0.15, 0.2) is 0 Å². The maximum atomic E-state index is 13.2. The van der Waals surface area contributed by atoms with Crippen molar-refractivity contribution in [1.29, 1.82) is 0 Å². The number of aliphatic carboxylic acids is 1. The van der Waals surface area contributed by atoms with Gasteiger partial charge in [-0.05, 0) is 24.1 Å². The largest absolute Gasteiger partial charge is 0.508 e. The maximum absolute atomic E-state index is 13.2. The van der Waals surface area contributed by atoms with Gasteiger partial charge in [-0.1, -0.05) is 12.1 Å². The summed E-state index contributed by atoms with van der Waals surface area (Å²) in [6.45, 7) is 0. The lowest BCUT2D eigenvalue weighted by molar-refractivity contribution is -0.142. The van der Waals surface area contributed by atoms with Gasteiger partial charge in [-0.3, -0.25) is 14.4 Å². The molecular formula is C24H30N8O6S. The van der Waals surface area contributed by atoms with Crippen LogP contribution in [0.25, 0.3) is 0 Å². The Morgan fingerprint density at radius 1 is 0.821 bits per heavy atom. The van der Waals surface area contributed by atoms with E-state index in [9.17, 15) is 29.4 Å². The second kappa shape index (κ2) is 14.0. The van der Waals surface area contributed by atoms with Crippen molar-refractivity contribution in [3.8, 4) is 5.75 Å². The van der Waals surface area contributed by atoms with Crippen LogP contribution < -0.4 is 21.7 Å². The summed E-state index contributed by atoms with van der Waals surface area (Å²) >= 11 is 4.14. The molecule has 15 heteroatoms. The average molecular weight is 559 g/mol. The van der Waals surface area contributed by atoms with Gasteiger partial charge in [-0.2, -0.15) is 12.6 Å². The molecule has 208 valence electrons. The molecule has 0 saturated heterocycles. The number of nitrogens with zero attached hydrogens (tertiary/aromatic N) is 2. The molecule has 3 rings (SSSR count). The van der Waals surface area contributed by atoms with Crippen molar-refractivity contribution in [2.75, 3.05) is 5.75 Å². The number of nitrogens with two attached hydrogens (primary N) is 1. The predicted molar refractivity (Wildman–Crippen MR) is 142 cm³/mol. The maximum Gasteiger partial charge on any atom is 0.326 e. The fraction of sp³-hybridized carbons (Fsp3) is 0.333. The third-order valence-electron chi connectivity index (χ3n) is 5.75. The Kier molecular flexibility index (Phi) is 10.5. The van der Waals surface area contributed by atoms with Crippen molar-refractivity contribution in [3.63, 3.8) is 0 Å². The normalized spacial score (nSPS) is 14.0. The van der Waals surface area contributed by atoms with E-state index in [1.165, 1.54) is 37.2 Å². The standard InChI is InChI=1S/C24H30N8O6S/c25-17(5-13-1-3-16(33)4-2-13)21(34)30-18(6-14-8-26-11-28-14)22(35)32-20(10-39)23(36)31-19(24(37)38)7-15-9-27-12-29-15/h1-4,8-9,11-12,17-20,33,39H,5-7,10,25H2,(H,26,28)(H,27,29)(H,30,34)(H,31,36)(H,32,35)(H,37,38). The number of carboxylic acid groups (broad SMARTS) is 1. The molecule has 0 saturated carbocycles. The number of H-pyrrole nitrogens is 2. The van der Waals surface area contributed by atoms with Gasteiger partial charge in [0.05, 0.1) is 18.7 Å². The zero-order chi connectivity index (χ0) is 28.4. The van der Waals surface area contributed by atoms with E-state index in [0.717, 1.165) is 0 Å². The highest BCUT2D eigenvalue weighted by Gasteiger charge is 2.30. The Morgan fingerprint density at radius 3 is 1.85 bits per heavy atom. The van der Waals surface area contributed by atoms with Gasteiger partial charge in [0.2, 0.25) is 17.7 Å². The first-order chi connectivity index (χ1) is 18.7. The van der Waals surface area contributed by atoms with Crippen molar-refractivity contribution in [2.45, 2.75) is 43.4 Å². The first-order valence-corrected chi connectivity index (χ1v) is 12.5. The molecule has 3 amide bonds. The molecule has 0 fully saturated rings. The highest BCUT2D eigenvalue weighted by atomic mass is 32.1. The molecule has 0 aliphatic heterocycles. The summed E-state index contributed by atoms with van der Waals surface area (Å²) in [7, 11) is 0. The zero-order valence-corrected chi connectivity index (χ0v) is 21.6. The smallest absolute Gasteiger partial charge is 0.326 e.